The molecule has 0 aromatic carbocycles. The number of carbonyl (C=O) groups excluding carboxylic acids is 1. The summed E-state index contributed by atoms with van der Waals surface area (Å²) in [5.74, 6) is 0.823. The molecule has 0 spiro atoms. The third kappa shape index (κ3) is 5.71. The number of ether oxygens (including phenoxy) is 2. The molecule has 0 radical (unpaired) electrons. The van der Waals surface area contributed by atoms with Crippen molar-refractivity contribution in [2.75, 3.05) is 46.5 Å². The molecule has 4 heterocycles. The zero-order valence-corrected chi connectivity index (χ0v) is 20.3. The van der Waals surface area contributed by atoms with Crippen molar-refractivity contribution in [3.05, 3.63) is 36.5 Å². The number of hydrogen-bond acceptors (Lipinski definition) is 8. The van der Waals surface area contributed by atoms with Crippen molar-refractivity contribution in [2.24, 2.45) is 11.8 Å². The van der Waals surface area contributed by atoms with E-state index in [1.165, 1.54) is 6.33 Å². The molecule has 0 bridgehead atoms. The van der Waals surface area contributed by atoms with Gasteiger partial charge in [-0.15, -0.1) is 0 Å². The van der Waals surface area contributed by atoms with E-state index in [0.717, 1.165) is 50.3 Å². The zero-order chi connectivity index (χ0) is 24.1. The van der Waals surface area contributed by atoms with E-state index in [1.807, 2.05) is 6.92 Å². The zero-order valence-electron chi connectivity index (χ0n) is 20.3. The van der Waals surface area contributed by atoms with Gasteiger partial charge in [-0.25, -0.2) is 15.0 Å². The van der Waals surface area contributed by atoms with Crippen LogP contribution in [0.4, 0.5) is 0 Å². The number of hydrogen-bond donors (Lipinski definition) is 1. The number of likely N-dealkylation sites (N-methyl/N-ethyl adjacent to an activating group) is 1. The minimum absolute atomic E-state index is 0.0623. The number of fused-ring (bicyclic) bond motifs is 1. The van der Waals surface area contributed by atoms with Crippen molar-refractivity contribution >= 4 is 5.91 Å². The Balaban J connectivity index is 1.61. The largest absolute Gasteiger partial charge is 0.472 e. The van der Waals surface area contributed by atoms with Crippen molar-refractivity contribution in [1.29, 1.82) is 0 Å². The van der Waals surface area contributed by atoms with E-state index in [0.29, 0.717) is 23.9 Å². The van der Waals surface area contributed by atoms with Gasteiger partial charge in [0.1, 0.15) is 18.0 Å². The molecule has 184 valence electrons. The average Bonchev–Trinajstić information content (AvgIpc) is 2.86. The number of amides is 1. The van der Waals surface area contributed by atoms with E-state index < -0.39 is 0 Å². The highest BCUT2D eigenvalue weighted by Crippen LogP contribution is 2.30. The van der Waals surface area contributed by atoms with Crippen LogP contribution in [-0.4, -0.2) is 94.4 Å². The van der Waals surface area contributed by atoms with Crippen LogP contribution in [0.15, 0.2) is 31.0 Å². The van der Waals surface area contributed by atoms with E-state index in [1.54, 1.807) is 29.6 Å². The third-order valence-electron chi connectivity index (χ3n) is 6.82. The van der Waals surface area contributed by atoms with E-state index in [2.05, 4.69) is 33.8 Å². The molecule has 3 atom stereocenters. The predicted octanol–water partition coefficient (Wildman–Crippen LogP) is 2.12. The molecule has 0 aliphatic carbocycles. The standard InChI is InChI=1S/C25H35N5O4/c1-17-12-30(18(2)15-31)25(32)22-8-20(21-9-26-16-27-10-21)11-28-24(22)34-23(17)14-29(3)13-19-4-6-33-7-5-19/h8-11,16-19,23,31H,4-7,12-15H2,1-3H3/t17-,18+,23+/m0/s1. The SMILES string of the molecule is C[C@H](CO)N1C[C@H](C)[C@@H](CN(C)CC2CCOCC2)Oc2ncc(-c3cncnc3)cc2C1=O. The molecule has 4 rings (SSSR count). The third-order valence-corrected chi connectivity index (χ3v) is 6.82. The first kappa shape index (κ1) is 24.5. The summed E-state index contributed by atoms with van der Waals surface area (Å²) in [6.45, 7) is 7.72. The molecule has 2 aliphatic heterocycles. The molecule has 2 aromatic heterocycles. The minimum Gasteiger partial charge on any atom is -0.472 e. The van der Waals surface area contributed by atoms with Gasteiger partial charge in [-0.2, -0.15) is 0 Å². The van der Waals surface area contributed by atoms with E-state index in [4.69, 9.17) is 9.47 Å². The quantitative estimate of drug-likeness (QED) is 0.658. The van der Waals surface area contributed by atoms with Gasteiger partial charge >= 0.3 is 0 Å². The second-order valence-corrected chi connectivity index (χ2v) is 9.60. The topological polar surface area (TPSA) is 101 Å². The fraction of sp³-hybridized carbons (Fsp3) is 0.600. The Kier molecular flexibility index (Phi) is 8.07. The number of nitrogens with zero attached hydrogens (tertiary/aromatic N) is 5. The second-order valence-electron chi connectivity index (χ2n) is 9.60. The first-order chi connectivity index (χ1) is 16.5. The normalized spacial score (nSPS) is 22.6. The minimum atomic E-state index is -0.315. The van der Waals surface area contributed by atoms with Crippen molar-refractivity contribution in [1.82, 2.24) is 24.8 Å². The Morgan fingerprint density at radius 3 is 2.62 bits per heavy atom. The number of aromatic nitrogens is 3. The highest BCUT2D eigenvalue weighted by Gasteiger charge is 2.34. The summed E-state index contributed by atoms with van der Waals surface area (Å²) in [7, 11) is 2.12. The van der Waals surface area contributed by atoms with Crippen LogP contribution in [-0.2, 0) is 4.74 Å². The Morgan fingerprint density at radius 2 is 1.91 bits per heavy atom. The van der Waals surface area contributed by atoms with Gasteiger partial charge in [0.25, 0.3) is 5.91 Å². The van der Waals surface area contributed by atoms with E-state index in [9.17, 15) is 9.90 Å². The van der Waals surface area contributed by atoms with Crippen LogP contribution in [0.3, 0.4) is 0 Å². The fourth-order valence-electron chi connectivity index (χ4n) is 4.68. The summed E-state index contributed by atoms with van der Waals surface area (Å²) >= 11 is 0. The molecule has 0 unspecified atom stereocenters. The van der Waals surface area contributed by atoms with Gasteiger partial charge in [0, 0.05) is 68.5 Å². The molecule has 2 aliphatic rings. The molecule has 9 heteroatoms. The first-order valence-electron chi connectivity index (χ1n) is 12.1. The van der Waals surface area contributed by atoms with Crippen LogP contribution in [0.25, 0.3) is 11.1 Å². The van der Waals surface area contributed by atoms with Gasteiger partial charge in [-0.3, -0.25) is 4.79 Å². The van der Waals surface area contributed by atoms with Crippen molar-refractivity contribution in [2.45, 2.75) is 38.8 Å². The van der Waals surface area contributed by atoms with Crippen molar-refractivity contribution in [3.63, 3.8) is 0 Å². The lowest BCUT2D eigenvalue weighted by molar-refractivity contribution is 0.0254. The molecular weight excluding hydrogens is 434 g/mol. The Bertz CT molecular complexity index is 954. The molecular formula is C25H35N5O4. The first-order valence-corrected chi connectivity index (χ1v) is 12.1. The predicted molar refractivity (Wildman–Crippen MR) is 127 cm³/mol. The van der Waals surface area contributed by atoms with Crippen LogP contribution in [0.1, 0.15) is 37.0 Å². The molecule has 2 aromatic rings. The summed E-state index contributed by atoms with van der Waals surface area (Å²) in [6, 6.07) is 1.48. The highest BCUT2D eigenvalue weighted by atomic mass is 16.5. The van der Waals surface area contributed by atoms with Gasteiger partial charge in [0.05, 0.1) is 12.6 Å². The number of pyridine rings is 1. The van der Waals surface area contributed by atoms with Crippen molar-refractivity contribution < 1.29 is 19.4 Å². The Labute approximate surface area is 201 Å². The lowest BCUT2D eigenvalue weighted by Gasteiger charge is -2.38. The summed E-state index contributed by atoms with van der Waals surface area (Å²) < 4.78 is 11.9. The van der Waals surface area contributed by atoms with Gasteiger partial charge < -0.3 is 24.4 Å². The van der Waals surface area contributed by atoms with Crippen LogP contribution >= 0.6 is 0 Å². The molecule has 1 amide bonds. The lowest BCUT2D eigenvalue weighted by atomic mass is 9.97. The average molecular weight is 470 g/mol. The summed E-state index contributed by atoms with van der Waals surface area (Å²) in [6.07, 6.45) is 8.55. The molecule has 1 saturated heterocycles. The van der Waals surface area contributed by atoms with Crippen LogP contribution in [0, 0.1) is 11.8 Å². The van der Waals surface area contributed by atoms with Gasteiger partial charge in [0.15, 0.2) is 0 Å². The number of aliphatic hydroxyl groups is 1. The fourth-order valence-corrected chi connectivity index (χ4v) is 4.68. The molecule has 1 N–H and O–H groups in total. The van der Waals surface area contributed by atoms with Gasteiger partial charge in [-0.1, -0.05) is 6.92 Å². The maximum Gasteiger partial charge on any atom is 0.259 e. The van der Waals surface area contributed by atoms with Crippen molar-refractivity contribution in [3.8, 4) is 17.0 Å². The van der Waals surface area contributed by atoms with Crippen LogP contribution < -0.4 is 4.74 Å². The second kappa shape index (κ2) is 11.2. The summed E-state index contributed by atoms with van der Waals surface area (Å²) in [4.78, 5) is 30.3. The van der Waals surface area contributed by atoms with Crippen LogP contribution in [0.5, 0.6) is 5.88 Å². The molecule has 34 heavy (non-hydrogen) atoms. The number of carbonyl (C=O) groups is 1. The van der Waals surface area contributed by atoms with Gasteiger partial charge in [-0.05, 0) is 38.8 Å². The highest BCUT2D eigenvalue weighted by molar-refractivity contribution is 5.98. The molecule has 0 saturated carbocycles. The van der Waals surface area contributed by atoms with Crippen LogP contribution in [0.2, 0.25) is 0 Å². The smallest absolute Gasteiger partial charge is 0.259 e. The number of rotatable bonds is 7. The maximum absolute atomic E-state index is 13.6. The number of aliphatic hydroxyl groups excluding tert-OH is 1. The van der Waals surface area contributed by atoms with Gasteiger partial charge in [0.2, 0.25) is 5.88 Å². The summed E-state index contributed by atoms with van der Waals surface area (Å²) in [5.41, 5.74) is 1.91. The van der Waals surface area contributed by atoms with E-state index >= 15 is 0 Å². The Hall–Kier alpha value is -2.62. The molecule has 1 fully saturated rings. The maximum atomic E-state index is 13.6. The lowest BCUT2D eigenvalue weighted by Crippen LogP contribution is -2.50. The Morgan fingerprint density at radius 1 is 1.18 bits per heavy atom. The van der Waals surface area contributed by atoms with E-state index in [-0.39, 0.29) is 30.6 Å². The molecule has 9 nitrogen and oxygen atoms in total. The monoisotopic (exact) mass is 469 g/mol. The summed E-state index contributed by atoms with van der Waals surface area (Å²) in [5, 5.41) is 9.85.